The highest BCUT2D eigenvalue weighted by Crippen LogP contribution is 2.36. The van der Waals surface area contributed by atoms with Gasteiger partial charge in [-0.3, -0.25) is 0 Å². The molecule has 0 aromatic carbocycles. The molecule has 1 aliphatic rings. The molecule has 0 aliphatic heterocycles. The van der Waals surface area contributed by atoms with Crippen LogP contribution < -0.4 is 5.32 Å². The average molecular weight is 199 g/mol. The van der Waals surface area contributed by atoms with Crippen LogP contribution >= 0.6 is 0 Å². The molecule has 2 unspecified atom stereocenters. The summed E-state index contributed by atoms with van der Waals surface area (Å²) in [5.41, 5.74) is 0.0297. The Balaban J connectivity index is 2.59. The molecule has 14 heavy (non-hydrogen) atoms. The van der Waals surface area contributed by atoms with Gasteiger partial charge in [-0.25, -0.2) is 0 Å². The number of rotatable bonds is 4. The molecule has 0 aromatic heterocycles. The Labute approximate surface area is 88.1 Å². The van der Waals surface area contributed by atoms with Gasteiger partial charge < -0.3 is 10.4 Å². The van der Waals surface area contributed by atoms with Gasteiger partial charge in [0.2, 0.25) is 0 Å². The van der Waals surface area contributed by atoms with Crippen molar-refractivity contribution in [2.24, 2.45) is 11.8 Å². The van der Waals surface area contributed by atoms with Crippen LogP contribution in [0.25, 0.3) is 0 Å². The van der Waals surface area contributed by atoms with Crippen molar-refractivity contribution in [3.05, 3.63) is 0 Å². The van der Waals surface area contributed by atoms with E-state index in [1.54, 1.807) is 0 Å². The summed E-state index contributed by atoms with van der Waals surface area (Å²) >= 11 is 0. The number of aliphatic hydroxyl groups is 1. The van der Waals surface area contributed by atoms with Crippen LogP contribution in [-0.2, 0) is 0 Å². The van der Waals surface area contributed by atoms with E-state index >= 15 is 0 Å². The minimum Gasteiger partial charge on any atom is -0.394 e. The largest absolute Gasteiger partial charge is 0.394 e. The van der Waals surface area contributed by atoms with Gasteiger partial charge in [0.25, 0.3) is 0 Å². The molecule has 0 spiro atoms. The minimum atomic E-state index is 0.0297. The van der Waals surface area contributed by atoms with Crippen molar-refractivity contribution in [1.29, 1.82) is 0 Å². The van der Waals surface area contributed by atoms with E-state index in [-0.39, 0.29) is 5.54 Å². The summed E-state index contributed by atoms with van der Waals surface area (Å²) in [5, 5.41) is 13.0. The highest BCUT2D eigenvalue weighted by molar-refractivity contribution is 4.93. The van der Waals surface area contributed by atoms with Gasteiger partial charge in [-0.15, -0.1) is 0 Å². The van der Waals surface area contributed by atoms with E-state index in [0.717, 1.165) is 31.2 Å². The summed E-state index contributed by atoms with van der Waals surface area (Å²) in [5.74, 6) is 1.54. The quantitative estimate of drug-likeness (QED) is 0.727. The van der Waals surface area contributed by atoms with Crippen molar-refractivity contribution in [3.63, 3.8) is 0 Å². The summed E-state index contributed by atoms with van der Waals surface area (Å²) in [4.78, 5) is 0. The normalized spacial score (nSPS) is 33.6. The number of nitrogens with one attached hydrogen (secondary N) is 1. The lowest BCUT2D eigenvalue weighted by molar-refractivity contribution is 0.0828. The third-order valence-corrected chi connectivity index (χ3v) is 3.68. The second-order valence-electron chi connectivity index (χ2n) is 5.07. The summed E-state index contributed by atoms with van der Waals surface area (Å²) in [6, 6.07) is 0. The average Bonchev–Trinajstić information content (AvgIpc) is 2.18. The zero-order valence-electron chi connectivity index (χ0n) is 9.84. The van der Waals surface area contributed by atoms with Crippen LogP contribution in [0.3, 0.4) is 0 Å². The first-order valence-corrected chi connectivity index (χ1v) is 5.99. The molecule has 0 saturated heterocycles. The SMILES string of the molecule is CCNC1(CO)CCCC(C(C)C)C1. The molecule has 0 radical (unpaired) electrons. The molecule has 1 aliphatic carbocycles. The molecule has 1 saturated carbocycles. The van der Waals surface area contributed by atoms with E-state index in [1.165, 1.54) is 12.8 Å². The molecule has 2 atom stereocenters. The Kier molecular flexibility index (Phi) is 4.39. The summed E-state index contributed by atoms with van der Waals surface area (Å²) in [6.45, 7) is 7.97. The fourth-order valence-electron chi connectivity index (χ4n) is 2.71. The Morgan fingerprint density at radius 3 is 2.71 bits per heavy atom. The topological polar surface area (TPSA) is 32.3 Å². The van der Waals surface area contributed by atoms with Gasteiger partial charge in [0.15, 0.2) is 0 Å². The molecule has 84 valence electrons. The fraction of sp³-hybridized carbons (Fsp3) is 1.00. The van der Waals surface area contributed by atoms with Crippen molar-refractivity contribution in [2.75, 3.05) is 13.2 Å². The number of hydrogen-bond donors (Lipinski definition) is 2. The molecule has 0 heterocycles. The van der Waals surface area contributed by atoms with Gasteiger partial charge in [0.05, 0.1) is 6.61 Å². The van der Waals surface area contributed by atoms with Gasteiger partial charge in [0, 0.05) is 5.54 Å². The second-order valence-corrected chi connectivity index (χ2v) is 5.07. The molecular formula is C12H25NO. The van der Waals surface area contributed by atoms with Crippen LogP contribution in [0.1, 0.15) is 46.5 Å². The fourth-order valence-corrected chi connectivity index (χ4v) is 2.71. The van der Waals surface area contributed by atoms with Crippen LogP contribution in [0.15, 0.2) is 0 Å². The summed E-state index contributed by atoms with van der Waals surface area (Å²) in [6.07, 6.45) is 4.89. The first-order chi connectivity index (χ1) is 6.63. The van der Waals surface area contributed by atoms with Crippen molar-refractivity contribution in [1.82, 2.24) is 5.32 Å². The van der Waals surface area contributed by atoms with Crippen molar-refractivity contribution in [2.45, 2.75) is 52.0 Å². The van der Waals surface area contributed by atoms with Gasteiger partial charge in [0.1, 0.15) is 0 Å². The van der Waals surface area contributed by atoms with Crippen LogP contribution in [-0.4, -0.2) is 23.8 Å². The predicted octanol–water partition coefficient (Wildman–Crippen LogP) is 2.17. The molecular weight excluding hydrogens is 174 g/mol. The first-order valence-electron chi connectivity index (χ1n) is 5.99. The van der Waals surface area contributed by atoms with E-state index < -0.39 is 0 Å². The molecule has 0 amide bonds. The Morgan fingerprint density at radius 1 is 1.50 bits per heavy atom. The molecule has 2 heteroatoms. The Bertz CT molecular complexity index is 166. The maximum absolute atomic E-state index is 9.51. The van der Waals surface area contributed by atoms with Gasteiger partial charge in [-0.2, -0.15) is 0 Å². The Hall–Kier alpha value is -0.0800. The maximum Gasteiger partial charge on any atom is 0.0613 e. The molecule has 2 N–H and O–H groups in total. The van der Waals surface area contributed by atoms with E-state index in [9.17, 15) is 5.11 Å². The van der Waals surface area contributed by atoms with E-state index in [1.807, 2.05) is 0 Å². The molecule has 2 nitrogen and oxygen atoms in total. The predicted molar refractivity (Wildman–Crippen MR) is 60.3 cm³/mol. The van der Waals surface area contributed by atoms with Crippen LogP contribution in [0.2, 0.25) is 0 Å². The summed E-state index contributed by atoms with van der Waals surface area (Å²) < 4.78 is 0. The molecule has 0 bridgehead atoms. The highest BCUT2D eigenvalue weighted by atomic mass is 16.3. The monoisotopic (exact) mass is 199 g/mol. The first kappa shape index (κ1) is 12.0. The Morgan fingerprint density at radius 2 is 2.21 bits per heavy atom. The maximum atomic E-state index is 9.51. The minimum absolute atomic E-state index is 0.0297. The van der Waals surface area contributed by atoms with E-state index in [2.05, 4.69) is 26.1 Å². The zero-order valence-corrected chi connectivity index (χ0v) is 9.84. The third kappa shape index (κ3) is 2.71. The van der Waals surface area contributed by atoms with Gasteiger partial charge in [-0.05, 0) is 31.2 Å². The smallest absolute Gasteiger partial charge is 0.0613 e. The zero-order chi connectivity index (χ0) is 10.6. The van der Waals surface area contributed by atoms with Gasteiger partial charge in [-0.1, -0.05) is 33.6 Å². The number of aliphatic hydroxyl groups excluding tert-OH is 1. The number of hydrogen-bond acceptors (Lipinski definition) is 2. The van der Waals surface area contributed by atoms with Crippen LogP contribution in [0.4, 0.5) is 0 Å². The van der Waals surface area contributed by atoms with Crippen LogP contribution in [0, 0.1) is 11.8 Å². The van der Waals surface area contributed by atoms with Crippen LogP contribution in [0.5, 0.6) is 0 Å². The number of likely N-dealkylation sites (N-methyl/N-ethyl adjacent to an activating group) is 1. The lowest BCUT2D eigenvalue weighted by Gasteiger charge is -2.41. The lowest BCUT2D eigenvalue weighted by atomic mass is 9.72. The lowest BCUT2D eigenvalue weighted by Crippen LogP contribution is -2.52. The van der Waals surface area contributed by atoms with Crippen molar-refractivity contribution >= 4 is 0 Å². The van der Waals surface area contributed by atoms with E-state index in [0.29, 0.717) is 6.61 Å². The van der Waals surface area contributed by atoms with Gasteiger partial charge >= 0.3 is 0 Å². The summed E-state index contributed by atoms with van der Waals surface area (Å²) in [7, 11) is 0. The molecule has 1 fully saturated rings. The van der Waals surface area contributed by atoms with E-state index in [4.69, 9.17) is 0 Å². The molecule has 1 rings (SSSR count). The van der Waals surface area contributed by atoms with Crippen molar-refractivity contribution in [3.8, 4) is 0 Å². The highest BCUT2D eigenvalue weighted by Gasteiger charge is 2.35. The standard InChI is InChI=1S/C12H25NO/c1-4-13-12(9-14)7-5-6-11(8-12)10(2)3/h10-11,13-14H,4-9H2,1-3H3. The molecule has 0 aromatic rings. The third-order valence-electron chi connectivity index (χ3n) is 3.68. The second kappa shape index (κ2) is 5.13. The van der Waals surface area contributed by atoms with Crippen molar-refractivity contribution < 1.29 is 5.11 Å².